The quantitative estimate of drug-likeness (QED) is 0.0279. The first-order valence-corrected chi connectivity index (χ1v) is 21.8. The van der Waals surface area contributed by atoms with Crippen LogP contribution in [0.2, 0.25) is 0 Å². The van der Waals surface area contributed by atoms with Gasteiger partial charge in [0.05, 0.1) is 19.8 Å². The summed E-state index contributed by atoms with van der Waals surface area (Å²) in [5.41, 5.74) is 5.36. The molecule has 0 aromatic rings. The Balaban J connectivity index is 4.05. The fourth-order valence-electron chi connectivity index (χ4n) is 5.62. The number of rotatable bonds is 39. The average Bonchev–Trinajstić information content (AvgIpc) is 3.09. The van der Waals surface area contributed by atoms with Gasteiger partial charge in [0, 0.05) is 19.6 Å². The van der Waals surface area contributed by atoms with E-state index in [1.165, 1.54) is 122 Å². The van der Waals surface area contributed by atoms with Gasteiger partial charge >= 0.3 is 13.8 Å². The molecule has 0 aliphatic rings. The van der Waals surface area contributed by atoms with Crippen LogP contribution in [-0.2, 0) is 27.9 Å². The molecular formula is C40H78NO7P. The van der Waals surface area contributed by atoms with Crippen LogP contribution in [0.3, 0.4) is 0 Å². The Morgan fingerprint density at radius 1 is 0.612 bits per heavy atom. The van der Waals surface area contributed by atoms with Crippen LogP contribution in [0.5, 0.6) is 0 Å². The summed E-state index contributed by atoms with van der Waals surface area (Å²) >= 11 is 0. The van der Waals surface area contributed by atoms with Gasteiger partial charge < -0.3 is 20.1 Å². The number of ether oxygens (including phenoxy) is 2. The zero-order valence-corrected chi connectivity index (χ0v) is 32.8. The predicted molar refractivity (Wildman–Crippen MR) is 206 cm³/mol. The summed E-state index contributed by atoms with van der Waals surface area (Å²) in [6.45, 7) is 4.86. The van der Waals surface area contributed by atoms with Gasteiger partial charge in [-0.25, -0.2) is 4.57 Å². The van der Waals surface area contributed by atoms with E-state index < -0.39 is 13.9 Å². The van der Waals surface area contributed by atoms with Crippen molar-refractivity contribution in [1.82, 2.24) is 0 Å². The highest BCUT2D eigenvalue weighted by Crippen LogP contribution is 2.43. The SMILES string of the molecule is CCC/C=C\C/C=C\CCCCCCCCOCC(COP(=O)(O)OCCN)OC(=O)CCCCCCCCCCCCCCCCCC. The minimum Gasteiger partial charge on any atom is -0.457 e. The first-order valence-electron chi connectivity index (χ1n) is 20.3. The number of hydrogen-bond acceptors (Lipinski definition) is 7. The van der Waals surface area contributed by atoms with E-state index >= 15 is 0 Å². The zero-order chi connectivity index (χ0) is 35.9. The smallest absolute Gasteiger partial charge is 0.457 e. The molecule has 0 saturated carbocycles. The van der Waals surface area contributed by atoms with Crippen LogP contribution in [0.4, 0.5) is 0 Å². The molecule has 9 heteroatoms. The second-order valence-corrected chi connectivity index (χ2v) is 15.0. The molecule has 0 radical (unpaired) electrons. The molecule has 290 valence electrons. The highest BCUT2D eigenvalue weighted by molar-refractivity contribution is 7.47. The summed E-state index contributed by atoms with van der Waals surface area (Å²) in [6.07, 6.45) is 40.4. The lowest BCUT2D eigenvalue weighted by Crippen LogP contribution is -2.28. The normalized spacial score (nSPS) is 13.8. The zero-order valence-electron chi connectivity index (χ0n) is 31.9. The van der Waals surface area contributed by atoms with Gasteiger partial charge in [0.15, 0.2) is 0 Å². The lowest BCUT2D eigenvalue weighted by molar-refractivity contribution is -0.154. The van der Waals surface area contributed by atoms with Crippen molar-refractivity contribution < 1.29 is 32.8 Å². The van der Waals surface area contributed by atoms with Crippen molar-refractivity contribution in [2.75, 3.05) is 33.0 Å². The first kappa shape index (κ1) is 48.0. The maximum atomic E-state index is 12.5. The van der Waals surface area contributed by atoms with Crippen LogP contribution in [-0.4, -0.2) is 49.9 Å². The molecule has 0 heterocycles. The van der Waals surface area contributed by atoms with E-state index in [0.29, 0.717) is 13.0 Å². The van der Waals surface area contributed by atoms with Crippen molar-refractivity contribution in [2.24, 2.45) is 5.73 Å². The van der Waals surface area contributed by atoms with E-state index in [9.17, 15) is 14.3 Å². The van der Waals surface area contributed by atoms with Crippen LogP contribution in [0, 0.1) is 0 Å². The number of nitrogens with two attached hydrogens (primary N) is 1. The maximum absolute atomic E-state index is 12.5. The number of phosphoric acid groups is 1. The van der Waals surface area contributed by atoms with Crippen LogP contribution >= 0.6 is 7.82 Å². The summed E-state index contributed by atoms with van der Waals surface area (Å²) in [5.74, 6) is -0.332. The first-order chi connectivity index (χ1) is 23.9. The highest BCUT2D eigenvalue weighted by atomic mass is 31.2. The number of carbonyl (C=O) groups is 1. The fraction of sp³-hybridized carbons (Fsp3) is 0.875. The van der Waals surface area contributed by atoms with E-state index in [1.54, 1.807) is 0 Å². The lowest BCUT2D eigenvalue weighted by Gasteiger charge is -2.20. The molecule has 49 heavy (non-hydrogen) atoms. The van der Waals surface area contributed by atoms with E-state index in [2.05, 4.69) is 38.2 Å². The number of phosphoric ester groups is 1. The number of carbonyl (C=O) groups excluding carboxylic acids is 1. The summed E-state index contributed by atoms with van der Waals surface area (Å²) in [5, 5.41) is 0. The Bertz CT molecular complexity index is 807. The van der Waals surface area contributed by atoms with E-state index in [0.717, 1.165) is 44.9 Å². The molecule has 2 unspecified atom stereocenters. The second kappa shape index (κ2) is 38.2. The molecular weight excluding hydrogens is 637 g/mol. The molecule has 0 amide bonds. The molecule has 0 rings (SSSR count). The third kappa shape index (κ3) is 38.1. The van der Waals surface area contributed by atoms with E-state index in [1.807, 2.05) is 0 Å². The van der Waals surface area contributed by atoms with Crippen LogP contribution in [0.1, 0.15) is 187 Å². The molecule has 0 aromatic heterocycles. The van der Waals surface area contributed by atoms with Gasteiger partial charge in [0.25, 0.3) is 0 Å². The molecule has 3 N–H and O–H groups in total. The van der Waals surface area contributed by atoms with Crippen molar-refractivity contribution in [1.29, 1.82) is 0 Å². The van der Waals surface area contributed by atoms with Crippen molar-refractivity contribution in [3.63, 3.8) is 0 Å². The number of unbranched alkanes of at least 4 members (excludes halogenated alkanes) is 22. The third-order valence-corrected chi connectivity index (χ3v) is 9.59. The minimum absolute atomic E-state index is 0.0958. The predicted octanol–water partition coefficient (Wildman–Crippen LogP) is 11.7. The molecule has 0 aliphatic heterocycles. The van der Waals surface area contributed by atoms with Gasteiger partial charge in [-0.1, -0.05) is 167 Å². The summed E-state index contributed by atoms with van der Waals surface area (Å²) < 4.78 is 33.3. The lowest BCUT2D eigenvalue weighted by atomic mass is 10.0. The van der Waals surface area contributed by atoms with Crippen molar-refractivity contribution >= 4 is 13.8 Å². The average molecular weight is 716 g/mol. The summed E-state index contributed by atoms with van der Waals surface area (Å²) in [7, 11) is -4.27. The van der Waals surface area contributed by atoms with Gasteiger partial charge in [-0.15, -0.1) is 0 Å². The summed E-state index contributed by atoms with van der Waals surface area (Å²) in [6, 6.07) is 0. The van der Waals surface area contributed by atoms with Crippen LogP contribution in [0.25, 0.3) is 0 Å². The minimum atomic E-state index is -4.27. The topological polar surface area (TPSA) is 117 Å². The molecule has 0 saturated heterocycles. The van der Waals surface area contributed by atoms with Gasteiger partial charge in [0.2, 0.25) is 0 Å². The number of hydrogen-bond donors (Lipinski definition) is 2. The van der Waals surface area contributed by atoms with Crippen molar-refractivity contribution in [2.45, 2.75) is 193 Å². The number of esters is 1. The van der Waals surface area contributed by atoms with E-state index in [4.69, 9.17) is 24.3 Å². The molecule has 0 spiro atoms. The summed E-state index contributed by atoms with van der Waals surface area (Å²) in [4.78, 5) is 22.4. The Hall–Kier alpha value is -1.02. The van der Waals surface area contributed by atoms with Gasteiger partial charge in [-0.3, -0.25) is 13.8 Å². The van der Waals surface area contributed by atoms with Crippen LogP contribution in [0.15, 0.2) is 24.3 Å². The van der Waals surface area contributed by atoms with Crippen molar-refractivity contribution in [3.8, 4) is 0 Å². The Kier molecular flexibility index (Phi) is 37.4. The molecule has 8 nitrogen and oxygen atoms in total. The van der Waals surface area contributed by atoms with Gasteiger partial charge in [-0.05, 0) is 38.5 Å². The van der Waals surface area contributed by atoms with Gasteiger partial charge in [0.1, 0.15) is 6.10 Å². The third-order valence-electron chi connectivity index (χ3n) is 8.60. The Morgan fingerprint density at radius 3 is 1.67 bits per heavy atom. The Labute approximate surface area is 302 Å². The molecule has 0 aromatic carbocycles. The van der Waals surface area contributed by atoms with E-state index in [-0.39, 0.29) is 32.3 Å². The molecule has 2 atom stereocenters. The van der Waals surface area contributed by atoms with Gasteiger partial charge in [-0.2, -0.15) is 0 Å². The molecule has 0 fully saturated rings. The highest BCUT2D eigenvalue weighted by Gasteiger charge is 2.25. The molecule has 0 bridgehead atoms. The largest absolute Gasteiger partial charge is 0.472 e. The number of allylic oxidation sites excluding steroid dienone is 4. The Morgan fingerprint density at radius 2 is 1.12 bits per heavy atom. The molecule has 0 aliphatic carbocycles. The standard InChI is InChI=1S/C40H78NO7P/c1-3-5-7-9-11-13-15-17-19-20-21-23-25-27-29-31-33-40(42)48-39(38-47-49(43,44)46-36-34-41)37-45-35-32-30-28-26-24-22-18-16-14-12-10-8-6-4-2/h8,10,14,16,39H,3-7,9,11-13,15,17-38,41H2,1-2H3,(H,43,44)/b10-8-,16-14-. The van der Waals surface area contributed by atoms with Crippen molar-refractivity contribution in [3.05, 3.63) is 24.3 Å². The maximum Gasteiger partial charge on any atom is 0.472 e. The fourth-order valence-corrected chi connectivity index (χ4v) is 6.39. The monoisotopic (exact) mass is 716 g/mol. The second-order valence-electron chi connectivity index (χ2n) is 13.5. The van der Waals surface area contributed by atoms with Crippen LogP contribution < -0.4 is 5.73 Å².